The Balaban J connectivity index is 2.79. The Morgan fingerprint density at radius 3 is 2.57 bits per heavy atom. The molecule has 0 radical (unpaired) electrons. The topological polar surface area (TPSA) is 80.3 Å². The second-order valence-corrected chi connectivity index (χ2v) is 8.84. The van der Waals surface area contributed by atoms with Crippen LogP contribution in [0.4, 0.5) is 4.39 Å². The van der Waals surface area contributed by atoms with E-state index in [1.54, 1.807) is 13.2 Å². The van der Waals surface area contributed by atoms with Crippen molar-refractivity contribution in [2.45, 2.75) is 23.5 Å². The average Bonchev–Trinajstić information content (AvgIpc) is 2.36. The maximum atomic E-state index is 13.3. The first kappa shape index (κ1) is 18.1. The van der Waals surface area contributed by atoms with Gasteiger partial charge >= 0.3 is 0 Å². The van der Waals surface area contributed by atoms with Crippen LogP contribution in [0.15, 0.2) is 23.1 Å². The number of halogens is 2. The summed E-state index contributed by atoms with van der Waals surface area (Å²) in [6, 6.07) is 2.66. The normalized spacial score (nSPS) is 14.5. The summed E-state index contributed by atoms with van der Waals surface area (Å²) in [4.78, 5) is 11.4. The number of carbonyl (C=O) groups excluding carboxylic acids is 1. The van der Waals surface area contributed by atoms with E-state index in [2.05, 4.69) is 5.32 Å². The molecule has 0 fully saturated rings. The molecule has 0 spiro atoms. The molecule has 0 saturated heterocycles. The lowest BCUT2D eigenvalue weighted by atomic mass is 10.2. The van der Waals surface area contributed by atoms with E-state index in [1.165, 1.54) is 0 Å². The number of benzene rings is 1. The van der Waals surface area contributed by atoms with E-state index >= 15 is 0 Å². The van der Waals surface area contributed by atoms with Crippen molar-refractivity contribution in [2.75, 3.05) is 12.8 Å². The predicted octanol–water partition coefficient (Wildman–Crippen LogP) is 1.64. The molecule has 118 valence electrons. The van der Waals surface area contributed by atoms with Crippen molar-refractivity contribution in [3.05, 3.63) is 29.6 Å². The second-order valence-electron chi connectivity index (χ2n) is 4.47. The predicted molar refractivity (Wildman–Crippen MR) is 79.9 cm³/mol. The smallest absolute Gasteiger partial charge is 0.261 e. The molecule has 1 rings (SSSR count). The Morgan fingerprint density at radius 2 is 2.05 bits per heavy atom. The van der Waals surface area contributed by atoms with Crippen LogP contribution in [0.1, 0.15) is 23.7 Å². The molecule has 21 heavy (non-hydrogen) atoms. The molecule has 0 heterocycles. The van der Waals surface area contributed by atoms with Crippen molar-refractivity contribution >= 4 is 36.4 Å². The maximum absolute atomic E-state index is 13.3. The monoisotopic (exact) mass is 355 g/mol. The average molecular weight is 356 g/mol. The number of carbonyl (C=O) groups is 1. The Labute approximate surface area is 129 Å². The third kappa shape index (κ3) is 5.72. The molecule has 1 aromatic carbocycles. The van der Waals surface area contributed by atoms with Gasteiger partial charge in [-0.05, 0) is 24.6 Å². The Hall–Kier alpha value is -0.990. The molecule has 9 heteroatoms. The van der Waals surface area contributed by atoms with Gasteiger partial charge in [0, 0.05) is 45.1 Å². The number of hydrogen-bond acceptors (Lipinski definition) is 4. The molecule has 0 aliphatic rings. The summed E-state index contributed by atoms with van der Waals surface area (Å²) in [5.74, 6) is -1.49. The van der Waals surface area contributed by atoms with Crippen LogP contribution in [0.25, 0.3) is 0 Å². The third-order valence-electron chi connectivity index (χ3n) is 2.82. The van der Waals surface area contributed by atoms with Crippen LogP contribution in [-0.4, -0.2) is 36.6 Å². The van der Waals surface area contributed by atoms with Crippen LogP contribution >= 0.6 is 10.7 Å². The molecule has 1 N–H and O–H groups in total. The minimum Gasteiger partial charge on any atom is -0.352 e. The lowest BCUT2D eigenvalue weighted by Gasteiger charge is -2.10. The highest BCUT2D eigenvalue weighted by atomic mass is 35.7. The van der Waals surface area contributed by atoms with Gasteiger partial charge in [0.15, 0.2) is 0 Å². The largest absolute Gasteiger partial charge is 0.352 e. The highest BCUT2D eigenvalue weighted by Gasteiger charge is 2.16. The molecule has 5 nitrogen and oxygen atoms in total. The molecule has 0 bridgehead atoms. The first-order valence-electron chi connectivity index (χ1n) is 5.97. The summed E-state index contributed by atoms with van der Waals surface area (Å²) in [5.41, 5.74) is -0.139. The Morgan fingerprint density at radius 1 is 1.43 bits per heavy atom. The maximum Gasteiger partial charge on any atom is 0.261 e. The summed E-state index contributed by atoms with van der Waals surface area (Å²) < 4.78 is 46.8. The quantitative estimate of drug-likeness (QED) is 0.787. The molecule has 0 saturated carbocycles. The van der Waals surface area contributed by atoms with Crippen molar-refractivity contribution in [3.8, 4) is 0 Å². The number of hydrogen-bond donors (Lipinski definition) is 1. The van der Waals surface area contributed by atoms with Crippen LogP contribution < -0.4 is 5.32 Å². The summed E-state index contributed by atoms with van der Waals surface area (Å²) in [6.45, 7) is 2.03. The van der Waals surface area contributed by atoms with Crippen molar-refractivity contribution < 1.29 is 21.8 Å². The van der Waals surface area contributed by atoms with E-state index in [-0.39, 0.29) is 17.4 Å². The number of rotatable bonds is 6. The van der Waals surface area contributed by atoms with E-state index in [9.17, 15) is 21.8 Å². The fourth-order valence-corrected chi connectivity index (χ4v) is 2.73. The van der Waals surface area contributed by atoms with Gasteiger partial charge in [0.25, 0.3) is 15.0 Å². The summed E-state index contributed by atoms with van der Waals surface area (Å²) >= 11 is 0. The van der Waals surface area contributed by atoms with E-state index in [4.69, 9.17) is 10.7 Å². The molecule has 1 amide bonds. The molecule has 1 aromatic rings. The molecule has 0 aliphatic carbocycles. The summed E-state index contributed by atoms with van der Waals surface area (Å²) in [5, 5.41) is 2.43. The van der Waals surface area contributed by atoms with Crippen LogP contribution in [0.3, 0.4) is 0 Å². The first-order chi connectivity index (χ1) is 9.61. The molecular weight excluding hydrogens is 341 g/mol. The van der Waals surface area contributed by atoms with Crippen molar-refractivity contribution in [1.29, 1.82) is 0 Å². The third-order valence-corrected chi connectivity index (χ3v) is 5.52. The summed E-state index contributed by atoms with van der Waals surface area (Å²) in [7, 11) is 0.0168. The zero-order valence-electron chi connectivity index (χ0n) is 11.4. The molecule has 0 aromatic heterocycles. The minimum atomic E-state index is -4.11. The second kappa shape index (κ2) is 7.33. The van der Waals surface area contributed by atoms with Gasteiger partial charge in [-0.3, -0.25) is 9.00 Å². The highest BCUT2D eigenvalue weighted by molar-refractivity contribution is 8.13. The van der Waals surface area contributed by atoms with Gasteiger partial charge in [0.1, 0.15) is 5.82 Å². The fourth-order valence-electron chi connectivity index (χ4n) is 1.49. The zero-order chi connectivity index (χ0) is 16.2. The standard InChI is InChI=1S/C12H15ClFNO4S2/c1-8(20(2)17)3-4-15-12(16)9-5-10(14)7-11(6-9)21(13,18)19/h5-8H,3-4H2,1-2H3,(H,15,16). The van der Waals surface area contributed by atoms with E-state index in [0.717, 1.165) is 18.2 Å². The lowest BCUT2D eigenvalue weighted by Crippen LogP contribution is -2.27. The van der Waals surface area contributed by atoms with Crippen molar-refractivity contribution in [1.82, 2.24) is 5.32 Å². The molecule has 2 unspecified atom stereocenters. The lowest BCUT2D eigenvalue weighted by molar-refractivity contribution is 0.0952. The van der Waals surface area contributed by atoms with E-state index < -0.39 is 36.5 Å². The number of nitrogens with one attached hydrogen (secondary N) is 1. The Bertz CT molecular complexity index is 663. The van der Waals surface area contributed by atoms with Crippen LogP contribution in [0.5, 0.6) is 0 Å². The SMILES string of the molecule is CC(CCNC(=O)c1cc(F)cc(S(=O)(=O)Cl)c1)S(C)=O. The van der Waals surface area contributed by atoms with Crippen molar-refractivity contribution in [3.63, 3.8) is 0 Å². The molecule has 0 aliphatic heterocycles. The minimum absolute atomic E-state index is 0.0865. The van der Waals surface area contributed by atoms with E-state index in [0.29, 0.717) is 6.42 Å². The summed E-state index contributed by atoms with van der Waals surface area (Å²) in [6.07, 6.45) is 2.06. The molecule has 2 atom stereocenters. The Kier molecular flexibility index (Phi) is 6.30. The fraction of sp³-hybridized carbons (Fsp3) is 0.417. The van der Waals surface area contributed by atoms with Crippen LogP contribution in [-0.2, 0) is 19.9 Å². The zero-order valence-corrected chi connectivity index (χ0v) is 13.8. The van der Waals surface area contributed by atoms with Gasteiger partial charge in [0.2, 0.25) is 0 Å². The van der Waals surface area contributed by atoms with Gasteiger partial charge in [-0.15, -0.1) is 0 Å². The molecular formula is C12H15ClFNO4S2. The van der Waals surface area contributed by atoms with Gasteiger partial charge in [-0.1, -0.05) is 6.92 Å². The van der Waals surface area contributed by atoms with Gasteiger partial charge < -0.3 is 5.32 Å². The van der Waals surface area contributed by atoms with Crippen LogP contribution in [0.2, 0.25) is 0 Å². The van der Waals surface area contributed by atoms with Gasteiger partial charge in [0.05, 0.1) is 4.90 Å². The number of amides is 1. The van der Waals surface area contributed by atoms with Gasteiger partial charge in [-0.25, -0.2) is 12.8 Å². The highest BCUT2D eigenvalue weighted by Crippen LogP contribution is 2.18. The van der Waals surface area contributed by atoms with Crippen LogP contribution in [0, 0.1) is 5.82 Å². The van der Waals surface area contributed by atoms with E-state index in [1.807, 2.05) is 0 Å². The van der Waals surface area contributed by atoms with Gasteiger partial charge in [-0.2, -0.15) is 0 Å². The first-order valence-corrected chi connectivity index (χ1v) is 9.90. The van der Waals surface area contributed by atoms with Crippen molar-refractivity contribution in [2.24, 2.45) is 0 Å².